The summed E-state index contributed by atoms with van der Waals surface area (Å²) in [6.45, 7) is 2.45. The van der Waals surface area contributed by atoms with Gasteiger partial charge in [0.1, 0.15) is 0 Å². The summed E-state index contributed by atoms with van der Waals surface area (Å²) < 4.78 is 5.34. The summed E-state index contributed by atoms with van der Waals surface area (Å²) in [4.78, 5) is 8.50. The molecule has 3 rings (SSSR count). The van der Waals surface area contributed by atoms with Crippen LogP contribution < -0.4 is 5.73 Å². The molecule has 2 heterocycles. The fourth-order valence-corrected chi connectivity index (χ4v) is 2.01. The van der Waals surface area contributed by atoms with Gasteiger partial charge in [0.05, 0.1) is 0 Å². The van der Waals surface area contributed by atoms with E-state index in [1.54, 1.807) is 12.4 Å². The number of nitrogens with zero attached hydrogens (tertiary/aromatic N) is 3. The van der Waals surface area contributed by atoms with Gasteiger partial charge >= 0.3 is 0 Å². The van der Waals surface area contributed by atoms with Crippen molar-refractivity contribution in [2.45, 2.75) is 13.5 Å². The molecule has 0 saturated heterocycles. The van der Waals surface area contributed by atoms with Gasteiger partial charge in [0.15, 0.2) is 0 Å². The smallest absolute Gasteiger partial charge is 0.258 e. The lowest BCUT2D eigenvalue weighted by Crippen LogP contribution is -1.95. The van der Waals surface area contributed by atoms with Crippen LogP contribution in [0.1, 0.15) is 11.1 Å². The van der Waals surface area contributed by atoms with Gasteiger partial charge in [-0.1, -0.05) is 17.3 Å². The van der Waals surface area contributed by atoms with E-state index in [0.717, 1.165) is 22.3 Å². The van der Waals surface area contributed by atoms with Crippen molar-refractivity contribution in [1.29, 1.82) is 0 Å². The van der Waals surface area contributed by atoms with Gasteiger partial charge in [-0.2, -0.15) is 4.98 Å². The van der Waals surface area contributed by atoms with Crippen molar-refractivity contribution in [2.24, 2.45) is 5.73 Å². The van der Waals surface area contributed by atoms with E-state index in [4.69, 9.17) is 10.3 Å². The van der Waals surface area contributed by atoms with Crippen LogP contribution in [0.4, 0.5) is 0 Å². The molecule has 5 heteroatoms. The highest BCUT2D eigenvalue weighted by molar-refractivity contribution is 5.62. The van der Waals surface area contributed by atoms with Gasteiger partial charge in [-0.3, -0.25) is 4.98 Å². The number of pyridine rings is 1. The first-order valence-electron chi connectivity index (χ1n) is 6.32. The molecular weight excluding hydrogens is 252 g/mol. The minimum atomic E-state index is 0.484. The van der Waals surface area contributed by atoms with Crippen LogP contribution in [0.3, 0.4) is 0 Å². The molecule has 0 aliphatic heterocycles. The molecule has 0 spiro atoms. The second-order valence-electron chi connectivity index (χ2n) is 4.52. The van der Waals surface area contributed by atoms with E-state index < -0.39 is 0 Å². The first-order chi connectivity index (χ1) is 9.78. The maximum Gasteiger partial charge on any atom is 0.258 e. The molecule has 2 aromatic heterocycles. The van der Waals surface area contributed by atoms with E-state index in [-0.39, 0.29) is 0 Å². The van der Waals surface area contributed by atoms with E-state index in [2.05, 4.69) is 15.1 Å². The van der Waals surface area contributed by atoms with Crippen LogP contribution in [0.25, 0.3) is 22.8 Å². The number of benzene rings is 1. The third-order valence-corrected chi connectivity index (χ3v) is 3.10. The molecule has 3 aromatic rings. The van der Waals surface area contributed by atoms with E-state index in [9.17, 15) is 0 Å². The second kappa shape index (κ2) is 5.22. The van der Waals surface area contributed by atoms with Crippen molar-refractivity contribution in [3.63, 3.8) is 0 Å². The molecule has 0 bridgehead atoms. The summed E-state index contributed by atoms with van der Waals surface area (Å²) in [6, 6.07) is 9.65. The molecule has 5 nitrogen and oxygen atoms in total. The van der Waals surface area contributed by atoms with Crippen LogP contribution >= 0.6 is 0 Å². The van der Waals surface area contributed by atoms with Crippen LogP contribution in [-0.4, -0.2) is 15.1 Å². The predicted octanol–water partition coefficient (Wildman–Crippen LogP) is 2.57. The molecule has 20 heavy (non-hydrogen) atoms. The van der Waals surface area contributed by atoms with Crippen molar-refractivity contribution < 1.29 is 4.52 Å². The van der Waals surface area contributed by atoms with Crippen LogP contribution in [0.5, 0.6) is 0 Å². The summed E-state index contributed by atoms with van der Waals surface area (Å²) in [6.07, 6.45) is 3.49. The first kappa shape index (κ1) is 12.5. The largest absolute Gasteiger partial charge is 0.334 e. The number of rotatable bonds is 3. The Balaban J connectivity index is 2.00. The van der Waals surface area contributed by atoms with Gasteiger partial charge < -0.3 is 10.3 Å². The summed E-state index contributed by atoms with van der Waals surface area (Å²) in [5.74, 6) is 1.06. The fraction of sp³-hybridized carbons (Fsp3) is 0.133. The Bertz CT molecular complexity index is 736. The molecule has 0 amide bonds. The van der Waals surface area contributed by atoms with Crippen LogP contribution in [-0.2, 0) is 6.54 Å². The Kier molecular flexibility index (Phi) is 3.26. The topological polar surface area (TPSA) is 77.8 Å². The molecule has 0 unspecified atom stereocenters. The minimum Gasteiger partial charge on any atom is -0.334 e. The third kappa shape index (κ3) is 2.31. The molecular formula is C15H14N4O. The summed E-state index contributed by atoms with van der Waals surface area (Å²) in [7, 11) is 0. The summed E-state index contributed by atoms with van der Waals surface area (Å²) in [5, 5.41) is 4.03. The molecule has 0 saturated carbocycles. The van der Waals surface area contributed by atoms with Gasteiger partial charge in [-0.25, -0.2) is 0 Å². The monoisotopic (exact) mass is 266 g/mol. The maximum absolute atomic E-state index is 5.64. The summed E-state index contributed by atoms with van der Waals surface area (Å²) >= 11 is 0. The Hall–Kier alpha value is -2.53. The van der Waals surface area contributed by atoms with Gasteiger partial charge in [0.25, 0.3) is 5.89 Å². The highest BCUT2D eigenvalue weighted by Crippen LogP contribution is 2.24. The molecule has 100 valence electrons. The molecule has 2 N–H and O–H groups in total. The minimum absolute atomic E-state index is 0.484. The SMILES string of the molecule is Cc1cnccc1-c1noc(-c2cccc(CN)c2)n1. The zero-order valence-electron chi connectivity index (χ0n) is 11.1. The van der Waals surface area contributed by atoms with E-state index in [0.29, 0.717) is 18.3 Å². The molecule has 0 aliphatic carbocycles. The van der Waals surface area contributed by atoms with Crippen molar-refractivity contribution >= 4 is 0 Å². The van der Waals surface area contributed by atoms with E-state index in [1.807, 2.05) is 37.3 Å². The third-order valence-electron chi connectivity index (χ3n) is 3.10. The zero-order chi connectivity index (χ0) is 13.9. The van der Waals surface area contributed by atoms with E-state index in [1.165, 1.54) is 0 Å². The van der Waals surface area contributed by atoms with Gasteiger partial charge in [-0.05, 0) is 36.2 Å². The quantitative estimate of drug-likeness (QED) is 0.788. The molecule has 0 atom stereocenters. The Morgan fingerprint density at radius 2 is 2.15 bits per heavy atom. The maximum atomic E-state index is 5.64. The lowest BCUT2D eigenvalue weighted by atomic mass is 10.1. The molecule has 0 radical (unpaired) electrons. The normalized spacial score (nSPS) is 10.7. The van der Waals surface area contributed by atoms with E-state index >= 15 is 0 Å². The number of aryl methyl sites for hydroxylation is 1. The highest BCUT2D eigenvalue weighted by Gasteiger charge is 2.12. The number of aromatic nitrogens is 3. The van der Waals surface area contributed by atoms with Crippen LogP contribution in [0.2, 0.25) is 0 Å². The van der Waals surface area contributed by atoms with Crippen molar-refractivity contribution in [2.75, 3.05) is 0 Å². The van der Waals surface area contributed by atoms with Crippen molar-refractivity contribution in [1.82, 2.24) is 15.1 Å². The lowest BCUT2D eigenvalue weighted by Gasteiger charge is -1.99. The highest BCUT2D eigenvalue weighted by atomic mass is 16.5. The fourth-order valence-electron chi connectivity index (χ4n) is 2.01. The van der Waals surface area contributed by atoms with Crippen LogP contribution in [0, 0.1) is 6.92 Å². The Labute approximate surface area is 116 Å². The zero-order valence-corrected chi connectivity index (χ0v) is 11.1. The molecule has 0 aliphatic rings. The first-order valence-corrected chi connectivity index (χ1v) is 6.32. The Morgan fingerprint density at radius 3 is 2.95 bits per heavy atom. The number of hydrogen-bond donors (Lipinski definition) is 1. The second-order valence-corrected chi connectivity index (χ2v) is 4.52. The Morgan fingerprint density at radius 1 is 1.25 bits per heavy atom. The van der Waals surface area contributed by atoms with Crippen LogP contribution in [0.15, 0.2) is 47.2 Å². The summed E-state index contributed by atoms with van der Waals surface area (Å²) in [5.41, 5.74) is 9.47. The average Bonchev–Trinajstić information content (AvgIpc) is 2.97. The van der Waals surface area contributed by atoms with Gasteiger partial charge in [0.2, 0.25) is 5.82 Å². The number of hydrogen-bond acceptors (Lipinski definition) is 5. The standard InChI is InChI=1S/C15H14N4O/c1-10-9-17-6-5-13(10)14-18-15(20-19-14)12-4-2-3-11(7-12)8-16/h2-7,9H,8,16H2,1H3. The number of nitrogens with two attached hydrogens (primary N) is 1. The van der Waals surface area contributed by atoms with Gasteiger partial charge in [0, 0.05) is 30.1 Å². The average molecular weight is 266 g/mol. The van der Waals surface area contributed by atoms with Gasteiger partial charge in [-0.15, -0.1) is 0 Å². The lowest BCUT2D eigenvalue weighted by molar-refractivity contribution is 0.432. The van der Waals surface area contributed by atoms with Crippen molar-refractivity contribution in [3.8, 4) is 22.8 Å². The van der Waals surface area contributed by atoms with Crippen molar-refractivity contribution in [3.05, 3.63) is 53.9 Å². The predicted molar refractivity (Wildman–Crippen MR) is 75.6 cm³/mol. The molecule has 0 fully saturated rings. The molecule has 1 aromatic carbocycles.